The van der Waals surface area contributed by atoms with E-state index in [9.17, 15) is 0 Å². The lowest BCUT2D eigenvalue weighted by molar-refractivity contribution is 1.64. The molecule has 4 aromatic carbocycles. The highest BCUT2D eigenvalue weighted by molar-refractivity contribution is 9.34. The van der Waals surface area contributed by atoms with E-state index in [1.807, 2.05) is 12.2 Å². The van der Waals surface area contributed by atoms with Crippen molar-refractivity contribution in [1.82, 2.24) is 0 Å². The maximum atomic E-state index is 3.98. The summed E-state index contributed by atoms with van der Waals surface area (Å²) < 4.78 is 1.84. The van der Waals surface area contributed by atoms with Crippen LogP contribution in [0.5, 0.6) is 0 Å². The Kier molecular flexibility index (Phi) is 5.67. The molecule has 0 spiro atoms. The second kappa shape index (κ2) is 7.91. The molecule has 138 valence electrons. The van der Waals surface area contributed by atoms with E-state index in [1.54, 1.807) is 0 Å². The summed E-state index contributed by atoms with van der Waals surface area (Å²) in [6.07, 6.45) is 3.75. The molecular formula is C24H14Br4. The van der Waals surface area contributed by atoms with Gasteiger partial charge in [0.15, 0.2) is 0 Å². The number of fused-ring (bicyclic) bond motifs is 3. The average Bonchev–Trinajstić information content (AvgIpc) is 2.68. The topological polar surface area (TPSA) is 0 Å². The molecule has 0 aliphatic carbocycles. The van der Waals surface area contributed by atoms with E-state index in [-0.39, 0.29) is 0 Å². The summed E-state index contributed by atoms with van der Waals surface area (Å²) in [5, 5.41) is 9.28. The van der Waals surface area contributed by atoms with Crippen LogP contribution < -0.4 is 10.4 Å². The third-order valence-corrected chi connectivity index (χ3v) is 6.59. The van der Waals surface area contributed by atoms with Gasteiger partial charge in [-0.25, -0.2) is 0 Å². The van der Waals surface area contributed by atoms with Crippen LogP contribution in [-0.2, 0) is 0 Å². The van der Waals surface area contributed by atoms with Gasteiger partial charge in [-0.05, 0) is 131 Å². The van der Waals surface area contributed by atoms with Crippen molar-refractivity contribution in [2.45, 2.75) is 0 Å². The van der Waals surface area contributed by atoms with Crippen LogP contribution >= 0.6 is 63.7 Å². The molecule has 0 fully saturated rings. The van der Waals surface area contributed by atoms with Gasteiger partial charge in [-0.3, -0.25) is 0 Å². The van der Waals surface area contributed by atoms with Gasteiger partial charge in [0.2, 0.25) is 0 Å². The first-order valence-corrected chi connectivity index (χ1v) is 11.7. The number of benzene rings is 4. The van der Waals surface area contributed by atoms with Crippen LogP contribution in [0, 0.1) is 0 Å². The standard InChI is InChI=1S/C24H14Br4/c1-3-13-9-17-18(10-14(13)4-2)22(24(27)28)20-12-16-8-6-5-7-15(16)11-19(20)21(17)23(25)26/h3-12H,1-2H2. The quantitative estimate of drug-likeness (QED) is 0.198. The van der Waals surface area contributed by atoms with E-state index in [0.717, 1.165) is 39.1 Å². The Bertz CT molecular complexity index is 1310. The fraction of sp³-hybridized carbons (Fsp3) is 0. The van der Waals surface area contributed by atoms with Crippen molar-refractivity contribution >= 4 is 115 Å². The molecule has 0 aromatic heterocycles. The van der Waals surface area contributed by atoms with Gasteiger partial charge in [0.25, 0.3) is 0 Å². The lowest BCUT2D eigenvalue weighted by Crippen LogP contribution is -2.16. The van der Waals surface area contributed by atoms with Crippen LogP contribution in [0.3, 0.4) is 0 Å². The SMILES string of the molecule is C=Cc1cc2c(=C(Br)Br)c3cc4ccccc4cc3c(=C(Br)Br)c2cc1C=C. The fourth-order valence-corrected chi connectivity index (χ4v) is 5.46. The first-order chi connectivity index (χ1) is 13.5. The number of rotatable bonds is 2. The zero-order valence-corrected chi connectivity index (χ0v) is 21.0. The Balaban J connectivity index is 2.47. The fourth-order valence-electron chi connectivity index (χ4n) is 3.75. The molecule has 0 aliphatic heterocycles. The summed E-state index contributed by atoms with van der Waals surface area (Å²) in [4.78, 5) is 0. The van der Waals surface area contributed by atoms with Gasteiger partial charge in [0, 0.05) is 10.4 Å². The molecule has 4 rings (SSSR count). The normalized spacial score (nSPS) is 11.1. The molecule has 0 aliphatic rings. The van der Waals surface area contributed by atoms with Crippen LogP contribution in [0.1, 0.15) is 11.1 Å². The molecule has 0 heterocycles. The largest absolute Gasteiger partial charge is 0.0984 e. The molecule has 0 nitrogen and oxygen atoms in total. The van der Waals surface area contributed by atoms with E-state index in [2.05, 4.69) is 125 Å². The van der Waals surface area contributed by atoms with E-state index in [1.165, 1.54) is 21.5 Å². The minimum atomic E-state index is 0.920. The molecule has 4 heteroatoms. The van der Waals surface area contributed by atoms with Crippen LogP contribution in [-0.4, -0.2) is 0 Å². The first kappa shape index (κ1) is 20.1. The second-order valence-electron chi connectivity index (χ2n) is 6.45. The summed E-state index contributed by atoms with van der Waals surface area (Å²) in [5.41, 5.74) is 2.11. The van der Waals surface area contributed by atoms with Crippen molar-refractivity contribution in [2.75, 3.05) is 0 Å². The van der Waals surface area contributed by atoms with Gasteiger partial charge in [0.1, 0.15) is 0 Å². The molecule has 0 radical (unpaired) electrons. The third-order valence-electron chi connectivity index (χ3n) is 5.00. The van der Waals surface area contributed by atoms with Crippen molar-refractivity contribution in [3.8, 4) is 0 Å². The second-order valence-corrected chi connectivity index (χ2v) is 11.8. The van der Waals surface area contributed by atoms with Crippen molar-refractivity contribution in [3.63, 3.8) is 0 Å². The number of hydrogen-bond acceptors (Lipinski definition) is 0. The first-order valence-electron chi connectivity index (χ1n) is 8.54. The minimum absolute atomic E-state index is 0.920. The lowest BCUT2D eigenvalue weighted by atomic mass is 9.93. The average molecular weight is 622 g/mol. The van der Waals surface area contributed by atoms with E-state index < -0.39 is 0 Å². The van der Waals surface area contributed by atoms with Gasteiger partial charge >= 0.3 is 0 Å². The maximum Gasteiger partial charge on any atom is 0.0688 e. The summed E-state index contributed by atoms with van der Waals surface area (Å²) in [5.74, 6) is 0. The van der Waals surface area contributed by atoms with Crippen LogP contribution in [0.15, 0.2) is 61.7 Å². The maximum absolute atomic E-state index is 3.98. The van der Waals surface area contributed by atoms with Gasteiger partial charge in [0.05, 0.1) is 6.78 Å². The van der Waals surface area contributed by atoms with Crippen molar-refractivity contribution in [2.24, 2.45) is 0 Å². The number of hydrogen-bond donors (Lipinski definition) is 0. The van der Waals surface area contributed by atoms with Crippen LogP contribution in [0.25, 0.3) is 51.3 Å². The molecule has 0 unspecified atom stereocenters. The molecule has 0 bridgehead atoms. The molecular weight excluding hydrogens is 608 g/mol. The van der Waals surface area contributed by atoms with Gasteiger partial charge < -0.3 is 0 Å². The van der Waals surface area contributed by atoms with Gasteiger partial charge in [-0.1, -0.05) is 49.6 Å². The molecule has 0 saturated heterocycles. The number of halogens is 4. The Morgan fingerprint density at radius 2 is 0.964 bits per heavy atom. The molecule has 0 atom stereocenters. The van der Waals surface area contributed by atoms with Crippen LogP contribution in [0.4, 0.5) is 0 Å². The Morgan fingerprint density at radius 1 is 0.607 bits per heavy atom. The highest BCUT2D eigenvalue weighted by atomic mass is 79.9. The Labute approximate surface area is 196 Å². The molecule has 0 saturated carbocycles. The van der Waals surface area contributed by atoms with Gasteiger partial charge in [-0.2, -0.15) is 0 Å². The smallest absolute Gasteiger partial charge is 0.0688 e. The molecule has 0 amide bonds. The summed E-state index contributed by atoms with van der Waals surface area (Å²) in [6, 6.07) is 17.3. The van der Waals surface area contributed by atoms with E-state index >= 15 is 0 Å². The predicted octanol–water partition coefficient (Wildman–Crippen LogP) is 8.14. The van der Waals surface area contributed by atoms with Crippen molar-refractivity contribution in [3.05, 3.63) is 83.3 Å². The Morgan fingerprint density at radius 3 is 1.29 bits per heavy atom. The molecule has 4 aromatic rings. The monoisotopic (exact) mass is 618 g/mol. The van der Waals surface area contributed by atoms with Crippen molar-refractivity contribution in [1.29, 1.82) is 0 Å². The zero-order valence-electron chi connectivity index (χ0n) is 14.7. The molecule has 28 heavy (non-hydrogen) atoms. The molecule has 0 N–H and O–H groups in total. The van der Waals surface area contributed by atoms with Gasteiger partial charge in [-0.15, -0.1) is 0 Å². The highest BCUT2D eigenvalue weighted by Gasteiger charge is 2.13. The van der Waals surface area contributed by atoms with E-state index in [4.69, 9.17) is 0 Å². The van der Waals surface area contributed by atoms with Crippen molar-refractivity contribution < 1.29 is 0 Å². The predicted molar refractivity (Wildman–Crippen MR) is 141 cm³/mol. The minimum Gasteiger partial charge on any atom is -0.0984 e. The highest BCUT2D eigenvalue weighted by Crippen LogP contribution is 2.28. The van der Waals surface area contributed by atoms with Crippen LogP contribution in [0.2, 0.25) is 0 Å². The summed E-state index contributed by atoms with van der Waals surface area (Å²) >= 11 is 14.8. The van der Waals surface area contributed by atoms with E-state index in [0.29, 0.717) is 0 Å². The zero-order chi connectivity index (χ0) is 20.0. The lowest BCUT2D eigenvalue weighted by Gasteiger charge is -2.13. The summed E-state index contributed by atoms with van der Waals surface area (Å²) in [7, 11) is 0. The Hall–Kier alpha value is -1.20. The third kappa shape index (κ3) is 3.24. The summed E-state index contributed by atoms with van der Waals surface area (Å²) in [6.45, 7) is 7.96.